The SMILES string of the molecule is CCCCOc1cc(OCCN(CC)CC)ccc1NC(=O)C(N)CC1CCOCC1.Cl.Cl. The van der Waals surface area contributed by atoms with Gasteiger partial charge in [0.15, 0.2) is 0 Å². The predicted molar refractivity (Wildman–Crippen MR) is 139 cm³/mol. The topological polar surface area (TPSA) is 86.1 Å². The van der Waals surface area contributed by atoms with Crippen molar-refractivity contribution in [3.05, 3.63) is 18.2 Å². The summed E-state index contributed by atoms with van der Waals surface area (Å²) in [6, 6.07) is 5.02. The van der Waals surface area contributed by atoms with Gasteiger partial charge < -0.3 is 30.2 Å². The van der Waals surface area contributed by atoms with Crippen molar-refractivity contribution in [2.75, 3.05) is 51.4 Å². The summed E-state index contributed by atoms with van der Waals surface area (Å²) >= 11 is 0. The molecule has 1 saturated heterocycles. The van der Waals surface area contributed by atoms with E-state index in [0.717, 1.165) is 64.3 Å². The highest BCUT2D eigenvalue weighted by Gasteiger charge is 2.22. The highest BCUT2D eigenvalue weighted by molar-refractivity contribution is 5.96. The van der Waals surface area contributed by atoms with Crippen LogP contribution in [0.5, 0.6) is 11.5 Å². The zero-order valence-electron chi connectivity index (χ0n) is 20.3. The highest BCUT2D eigenvalue weighted by Crippen LogP contribution is 2.30. The monoisotopic (exact) mass is 507 g/mol. The molecule has 0 saturated carbocycles. The molecule has 0 aromatic heterocycles. The first-order valence-electron chi connectivity index (χ1n) is 11.8. The van der Waals surface area contributed by atoms with Gasteiger partial charge in [0.1, 0.15) is 18.1 Å². The first-order chi connectivity index (χ1) is 15.1. The lowest BCUT2D eigenvalue weighted by Gasteiger charge is -2.24. The minimum Gasteiger partial charge on any atom is -0.492 e. The molecule has 1 aliphatic rings. The highest BCUT2D eigenvalue weighted by atomic mass is 35.5. The molecule has 0 radical (unpaired) electrons. The molecule has 7 nitrogen and oxygen atoms in total. The summed E-state index contributed by atoms with van der Waals surface area (Å²) in [5.41, 5.74) is 6.83. The number of nitrogens with two attached hydrogens (primary N) is 1. The van der Waals surface area contributed by atoms with Crippen LogP contribution in [-0.4, -0.2) is 62.9 Å². The van der Waals surface area contributed by atoms with Crippen molar-refractivity contribution < 1.29 is 19.0 Å². The summed E-state index contributed by atoms with van der Waals surface area (Å²) in [5.74, 6) is 1.63. The fraction of sp³-hybridized carbons (Fsp3) is 0.708. The Morgan fingerprint density at radius 1 is 1.15 bits per heavy atom. The van der Waals surface area contributed by atoms with Crippen LogP contribution < -0.4 is 20.5 Å². The first kappa shape index (κ1) is 31.8. The number of likely N-dealkylation sites (N-methyl/N-ethyl adjacent to an activating group) is 1. The summed E-state index contributed by atoms with van der Waals surface area (Å²) in [4.78, 5) is 15.0. The van der Waals surface area contributed by atoms with Crippen molar-refractivity contribution >= 4 is 36.4 Å². The molecule has 1 fully saturated rings. The summed E-state index contributed by atoms with van der Waals surface area (Å²) in [7, 11) is 0. The molecular formula is C24H43Cl2N3O4. The average Bonchev–Trinajstić information content (AvgIpc) is 2.79. The van der Waals surface area contributed by atoms with E-state index in [2.05, 4.69) is 31.0 Å². The van der Waals surface area contributed by atoms with E-state index in [1.165, 1.54) is 0 Å². The second-order valence-corrected chi connectivity index (χ2v) is 8.12. The van der Waals surface area contributed by atoms with Crippen LogP contribution in [-0.2, 0) is 9.53 Å². The number of carbonyl (C=O) groups excluding carboxylic acids is 1. The maximum absolute atomic E-state index is 12.7. The van der Waals surface area contributed by atoms with Crippen LogP contribution in [0.25, 0.3) is 0 Å². The van der Waals surface area contributed by atoms with Crippen molar-refractivity contribution in [2.45, 2.75) is 58.9 Å². The molecule has 1 aliphatic heterocycles. The number of carbonyl (C=O) groups is 1. The minimum atomic E-state index is -0.545. The Morgan fingerprint density at radius 2 is 1.85 bits per heavy atom. The molecule has 33 heavy (non-hydrogen) atoms. The van der Waals surface area contributed by atoms with Gasteiger partial charge >= 0.3 is 0 Å². The lowest BCUT2D eigenvalue weighted by Crippen LogP contribution is -2.38. The van der Waals surface area contributed by atoms with E-state index in [1.54, 1.807) is 0 Å². The van der Waals surface area contributed by atoms with Gasteiger partial charge in [-0.1, -0.05) is 27.2 Å². The molecule has 0 spiro atoms. The Balaban J connectivity index is 0.00000512. The maximum atomic E-state index is 12.7. The van der Waals surface area contributed by atoms with Gasteiger partial charge in [0.25, 0.3) is 0 Å². The van der Waals surface area contributed by atoms with Crippen LogP contribution in [0.15, 0.2) is 18.2 Å². The Kier molecular flexibility index (Phi) is 17.4. The molecule has 1 amide bonds. The lowest BCUT2D eigenvalue weighted by molar-refractivity contribution is -0.118. The van der Waals surface area contributed by atoms with E-state index in [-0.39, 0.29) is 30.7 Å². The second-order valence-electron chi connectivity index (χ2n) is 8.12. The molecule has 192 valence electrons. The number of hydrogen-bond donors (Lipinski definition) is 2. The Hall–Kier alpha value is -1.25. The number of ether oxygens (including phenoxy) is 3. The van der Waals surface area contributed by atoms with Gasteiger partial charge in [-0.2, -0.15) is 0 Å². The van der Waals surface area contributed by atoms with E-state index in [0.29, 0.717) is 37.0 Å². The van der Waals surface area contributed by atoms with E-state index >= 15 is 0 Å². The molecule has 1 aromatic carbocycles. The van der Waals surface area contributed by atoms with Gasteiger partial charge in [-0.3, -0.25) is 4.79 Å². The van der Waals surface area contributed by atoms with Gasteiger partial charge in [-0.15, -0.1) is 24.8 Å². The Bertz CT molecular complexity index is 657. The van der Waals surface area contributed by atoms with Gasteiger partial charge in [0.2, 0.25) is 5.91 Å². The molecule has 0 aliphatic carbocycles. The maximum Gasteiger partial charge on any atom is 0.241 e. The summed E-state index contributed by atoms with van der Waals surface area (Å²) in [5, 5.41) is 2.96. The fourth-order valence-corrected chi connectivity index (χ4v) is 3.65. The molecule has 9 heteroatoms. The largest absolute Gasteiger partial charge is 0.492 e. The molecule has 3 N–H and O–H groups in total. The van der Waals surface area contributed by atoms with Gasteiger partial charge in [-0.05, 0) is 56.8 Å². The average molecular weight is 509 g/mol. The summed E-state index contributed by atoms with van der Waals surface area (Å²) in [6.07, 6.45) is 4.59. The third-order valence-electron chi connectivity index (χ3n) is 5.80. The normalized spacial score (nSPS) is 14.7. The van der Waals surface area contributed by atoms with Crippen molar-refractivity contribution in [1.29, 1.82) is 0 Å². The van der Waals surface area contributed by atoms with Crippen molar-refractivity contribution in [1.82, 2.24) is 4.90 Å². The molecule has 1 atom stereocenters. The predicted octanol–water partition coefficient (Wildman–Crippen LogP) is 4.51. The van der Waals surface area contributed by atoms with Crippen LogP contribution >= 0.6 is 24.8 Å². The van der Waals surface area contributed by atoms with Crippen LogP contribution in [0.2, 0.25) is 0 Å². The van der Waals surface area contributed by atoms with Crippen LogP contribution in [0.3, 0.4) is 0 Å². The second kappa shape index (κ2) is 18.1. The number of rotatable bonds is 14. The van der Waals surface area contributed by atoms with Crippen molar-refractivity contribution in [2.24, 2.45) is 11.7 Å². The molecule has 1 aromatic rings. The smallest absolute Gasteiger partial charge is 0.241 e. The van der Waals surface area contributed by atoms with Crippen LogP contribution in [0, 0.1) is 5.92 Å². The third kappa shape index (κ3) is 11.6. The van der Waals surface area contributed by atoms with Crippen molar-refractivity contribution in [3.8, 4) is 11.5 Å². The number of benzene rings is 1. The molecular weight excluding hydrogens is 465 g/mol. The summed E-state index contributed by atoms with van der Waals surface area (Å²) in [6.45, 7) is 12.0. The third-order valence-corrected chi connectivity index (χ3v) is 5.80. The fourth-order valence-electron chi connectivity index (χ4n) is 3.65. The van der Waals surface area contributed by atoms with E-state index in [1.807, 2.05) is 18.2 Å². The van der Waals surface area contributed by atoms with E-state index in [4.69, 9.17) is 19.9 Å². The lowest BCUT2D eigenvalue weighted by atomic mass is 9.92. The quantitative estimate of drug-likeness (QED) is 0.360. The van der Waals surface area contributed by atoms with Crippen molar-refractivity contribution in [3.63, 3.8) is 0 Å². The number of halogens is 2. The zero-order chi connectivity index (χ0) is 22.5. The number of nitrogens with zero attached hydrogens (tertiary/aromatic N) is 1. The number of unbranched alkanes of at least 4 members (excludes halogenated alkanes) is 1. The number of amides is 1. The van der Waals surface area contributed by atoms with Crippen LogP contribution in [0.4, 0.5) is 5.69 Å². The molecule has 0 bridgehead atoms. The number of hydrogen-bond acceptors (Lipinski definition) is 6. The Labute approximate surface area is 211 Å². The number of nitrogens with one attached hydrogen (secondary N) is 1. The summed E-state index contributed by atoms with van der Waals surface area (Å²) < 4.78 is 17.3. The van der Waals surface area contributed by atoms with E-state index < -0.39 is 6.04 Å². The van der Waals surface area contributed by atoms with Gasteiger partial charge in [0, 0.05) is 25.8 Å². The molecule has 2 rings (SSSR count). The standard InChI is InChI=1S/C24H41N3O4.2ClH/c1-4-7-13-31-23-18-20(30-16-12-27(5-2)6-3)8-9-22(23)26-24(28)21(25)17-19-10-14-29-15-11-19;;/h8-9,18-19,21H,4-7,10-17,25H2,1-3H3,(H,26,28);2*1H. The van der Waals surface area contributed by atoms with Gasteiger partial charge in [-0.25, -0.2) is 0 Å². The van der Waals surface area contributed by atoms with E-state index in [9.17, 15) is 4.79 Å². The Morgan fingerprint density at radius 3 is 2.48 bits per heavy atom. The number of anilines is 1. The molecule has 1 heterocycles. The first-order valence-corrected chi connectivity index (χ1v) is 11.8. The van der Waals surface area contributed by atoms with Gasteiger partial charge in [0.05, 0.1) is 18.3 Å². The minimum absolute atomic E-state index is 0. The van der Waals surface area contributed by atoms with Crippen LogP contribution in [0.1, 0.15) is 52.9 Å². The molecule has 1 unspecified atom stereocenters. The zero-order valence-corrected chi connectivity index (χ0v) is 22.0.